The summed E-state index contributed by atoms with van der Waals surface area (Å²) in [5.74, 6) is -1.75. The molecule has 1 unspecified atom stereocenters. The molecule has 0 aliphatic rings. The number of hydrogen-bond acceptors (Lipinski definition) is 3. The molecule has 1 atom stereocenters. The molecule has 0 bridgehead atoms. The zero-order valence-electron chi connectivity index (χ0n) is 9.99. The molecule has 3 N–H and O–H groups in total. The molecule has 18 heavy (non-hydrogen) atoms. The molecular weight excluding hydrogens is 262 g/mol. The van der Waals surface area contributed by atoms with Crippen molar-refractivity contribution in [3.05, 3.63) is 29.8 Å². The first kappa shape index (κ1) is 15.0. The number of rotatable bonds is 6. The van der Waals surface area contributed by atoms with Crippen LogP contribution in [0.3, 0.4) is 0 Å². The quantitative estimate of drug-likeness (QED) is 0.822. The molecule has 0 saturated carbocycles. The lowest BCUT2D eigenvalue weighted by Gasteiger charge is -2.12. The summed E-state index contributed by atoms with van der Waals surface area (Å²) < 4.78 is 52.0. The first-order valence-electron chi connectivity index (χ1n) is 5.51. The topological polar surface area (TPSA) is 72.2 Å². The van der Waals surface area contributed by atoms with Crippen LogP contribution in [0.25, 0.3) is 0 Å². The fourth-order valence-electron chi connectivity index (χ4n) is 1.40. The summed E-state index contributed by atoms with van der Waals surface area (Å²) in [5, 5.41) is 0. The van der Waals surface area contributed by atoms with Crippen molar-refractivity contribution in [2.75, 3.05) is 13.1 Å². The molecule has 0 aliphatic carbocycles. The molecule has 0 aromatic heterocycles. The van der Waals surface area contributed by atoms with Gasteiger partial charge in [0.15, 0.2) is 0 Å². The zero-order chi connectivity index (χ0) is 13.8. The van der Waals surface area contributed by atoms with Crippen molar-refractivity contribution in [1.29, 1.82) is 0 Å². The van der Waals surface area contributed by atoms with Crippen molar-refractivity contribution >= 4 is 10.0 Å². The molecule has 7 heteroatoms. The molecule has 1 aromatic carbocycles. The van der Waals surface area contributed by atoms with Crippen LogP contribution in [0.5, 0.6) is 0 Å². The van der Waals surface area contributed by atoms with Crippen molar-refractivity contribution in [2.45, 2.75) is 18.2 Å². The van der Waals surface area contributed by atoms with Crippen LogP contribution in [-0.4, -0.2) is 21.5 Å². The van der Waals surface area contributed by atoms with Gasteiger partial charge in [0.2, 0.25) is 10.0 Å². The first-order chi connectivity index (χ1) is 8.36. The van der Waals surface area contributed by atoms with Gasteiger partial charge < -0.3 is 5.73 Å². The van der Waals surface area contributed by atoms with Crippen LogP contribution in [0.2, 0.25) is 0 Å². The maximum Gasteiger partial charge on any atom is 0.243 e. The van der Waals surface area contributed by atoms with Gasteiger partial charge in [0, 0.05) is 6.54 Å². The van der Waals surface area contributed by atoms with Crippen LogP contribution in [0.1, 0.15) is 13.3 Å². The number of nitrogens with one attached hydrogen (secondary N) is 1. The summed E-state index contributed by atoms with van der Waals surface area (Å²) >= 11 is 0. The van der Waals surface area contributed by atoms with E-state index in [9.17, 15) is 17.2 Å². The number of sulfonamides is 1. The summed E-state index contributed by atoms with van der Waals surface area (Å²) in [4.78, 5) is -0.678. The minimum Gasteiger partial charge on any atom is -0.330 e. The van der Waals surface area contributed by atoms with Gasteiger partial charge in [-0.25, -0.2) is 21.9 Å². The number of halogens is 2. The summed E-state index contributed by atoms with van der Waals surface area (Å²) in [5.41, 5.74) is 5.34. The van der Waals surface area contributed by atoms with Crippen LogP contribution >= 0.6 is 0 Å². The van der Waals surface area contributed by atoms with E-state index >= 15 is 0 Å². The molecule has 0 aliphatic heterocycles. The van der Waals surface area contributed by atoms with Crippen LogP contribution in [0.4, 0.5) is 8.78 Å². The van der Waals surface area contributed by atoms with Gasteiger partial charge in [0.05, 0.1) is 0 Å². The lowest BCUT2D eigenvalue weighted by molar-refractivity contribution is 0.508. The highest BCUT2D eigenvalue weighted by molar-refractivity contribution is 7.89. The third-order valence-electron chi connectivity index (χ3n) is 2.46. The maximum atomic E-state index is 13.3. The molecule has 0 spiro atoms. The second-order valence-electron chi connectivity index (χ2n) is 4.11. The molecular formula is C11H16F2N2O2S. The Morgan fingerprint density at radius 1 is 1.39 bits per heavy atom. The Balaban J connectivity index is 2.83. The van der Waals surface area contributed by atoms with Gasteiger partial charge in [-0.1, -0.05) is 6.92 Å². The summed E-state index contributed by atoms with van der Waals surface area (Å²) in [6.07, 6.45) is 0.647. The Morgan fingerprint density at radius 2 is 2.06 bits per heavy atom. The number of hydrogen-bond donors (Lipinski definition) is 2. The third kappa shape index (κ3) is 4.01. The highest BCUT2D eigenvalue weighted by Crippen LogP contribution is 2.15. The third-order valence-corrected chi connectivity index (χ3v) is 3.90. The van der Waals surface area contributed by atoms with E-state index in [0.717, 1.165) is 12.1 Å². The molecule has 0 amide bonds. The standard InChI is InChI=1S/C11H16F2N2O2S/c1-8(4-5-14)7-15-18(16,17)11-6-9(12)2-3-10(11)13/h2-3,6,8,15H,4-5,7,14H2,1H3. The predicted molar refractivity (Wildman–Crippen MR) is 64.4 cm³/mol. The average Bonchev–Trinajstić information content (AvgIpc) is 2.30. The minimum atomic E-state index is -4.03. The van der Waals surface area contributed by atoms with Crippen molar-refractivity contribution < 1.29 is 17.2 Å². The number of nitrogens with two attached hydrogens (primary N) is 1. The average molecular weight is 278 g/mol. The fourth-order valence-corrected chi connectivity index (χ4v) is 2.65. The van der Waals surface area contributed by atoms with Gasteiger partial charge in [0.25, 0.3) is 0 Å². The molecule has 0 radical (unpaired) electrons. The van der Waals surface area contributed by atoms with Gasteiger partial charge in [-0.15, -0.1) is 0 Å². The van der Waals surface area contributed by atoms with Crippen LogP contribution in [-0.2, 0) is 10.0 Å². The van der Waals surface area contributed by atoms with Gasteiger partial charge in [0.1, 0.15) is 16.5 Å². The molecule has 0 fully saturated rings. The van der Waals surface area contributed by atoms with E-state index in [1.807, 2.05) is 6.92 Å². The Bertz CT molecular complexity index is 506. The van der Waals surface area contributed by atoms with Gasteiger partial charge in [-0.2, -0.15) is 0 Å². The normalized spacial score (nSPS) is 13.6. The van der Waals surface area contributed by atoms with E-state index in [1.54, 1.807) is 0 Å². The van der Waals surface area contributed by atoms with Crippen molar-refractivity contribution in [3.63, 3.8) is 0 Å². The zero-order valence-corrected chi connectivity index (χ0v) is 10.8. The Hall–Kier alpha value is -1.05. The maximum absolute atomic E-state index is 13.3. The minimum absolute atomic E-state index is 0.0291. The molecule has 4 nitrogen and oxygen atoms in total. The molecule has 0 saturated heterocycles. The highest BCUT2D eigenvalue weighted by Gasteiger charge is 2.20. The summed E-state index contributed by atoms with van der Waals surface area (Å²) in [6, 6.07) is 2.31. The molecule has 1 rings (SSSR count). The van der Waals surface area contributed by atoms with E-state index in [2.05, 4.69) is 4.72 Å². The lowest BCUT2D eigenvalue weighted by atomic mass is 10.1. The Morgan fingerprint density at radius 3 is 2.67 bits per heavy atom. The van der Waals surface area contributed by atoms with E-state index < -0.39 is 26.6 Å². The molecule has 102 valence electrons. The first-order valence-corrected chi connectivity index (χ1v) is 7.00. The lowest BCUT2D eigenvalue weighted by Crippen LogP contribution is -2.30. The summed E-state index contributed by atoms with van der Waals surface area (Å²) in [6.45, 7) is 2.39. The van der Waals surface area contributed by atoms with Gasteiger partial charge in [-0.3, -0.25) is 0 Å². The van der Waals surface area contributed by atoms with Crippen molar-refractivity contribution in [2.24, 2.45) is 11.7 Å². The van der Waals surface area contributed by atoms with Gasteiger partial charge in [-0.05, 0) is 37.1 Å². The molecule has 0 heterocycles. The van der Waals surface area contributed by atoms with Crippen molar-refractivity contribution in [3.8, 4) is 0 Å². The van der Waals surface area contributed by atoms with E-state index in [1.165, 1.54) is 0 Å². The van der Waals surface area contributed by atoms with Crippen molar-refractivity contribution in [1.82, 2.24) is 4.72 Å². The monoisotopic (exact) mass is 278 g/mol. The fraction of sp³-hybridized carbons (Fsp3) is 0.455. The van der Waals surface area contributed by atoms with E-state index in [4.69, 9.17) is 5.73 Å². The molecule has 1 aromatic rings. The second-order valence-corrected chi connectivity index (χ2v) is 5.84. The van der Waals surface area contributed by atoms with Crippen LogP contribution < -0.4 is 10.5 Å². The number of benzene rings is 1. The van der Waals surface area contributed by atoms with Gasteiger partial charge >= 0.3 is 0 Å². The van der Waals surface area contributed by atoms with Crippen LogP contribution in [0, 0.1) is 17.6 Å². The smallest absolute Gasteiger partial charge is 0.243 e. The second kappa shape index (κ2) is 6.21. The van der Waals surface area contributed by atoms with E-state index in [0.29, 0.717) is 19.0 Å². The largest absolute Gasteiger partial charge is 0.330 e. The predicted octanol–water partition coefficient (Wildman–Crippen LogP) is 1.23. The van der Waals surface area contributed by atoms with E-state index in [-0.39, 0.29) is 12.5 Å². The highest BCUT2D eigenvalue weighted by atomic mass is 32.2. The Kier molecular flexibility index (Phi) is 5.18. The summed E-state index contributed by atoms with van der Waals surface area (Å²) in [7, 11) is -4.03. The SMILES string of the molecule is CC(CCN)CNS(=O)(=O)c1cc(F)ccc1F. The van der Waals surface area contributed by atoms with Crippen LogP contribution in [0.15, 0.2) is 23.1 Å². The Labute approximate surface area is 105 Å².